The molecule has 1 aromatic carbocycles. The van der Waals surface area contributed by atoms with Gasteiger partial charge in [0.1, 0.15) is 5.52 Å². The van der Waals surface area contributed by atoms with Crippen molar-refractivity contribution in [1.29, 1.82) is 0 Å². The van der Waals surface area contributed by atoms with Gasteiger partial charge in [0.05, 0.1) is 28.1 Å². The van der Waals surface area contributed by atoms with Gasteiger partial charge in [0.2, 0.25) is 0 Å². The number of aromatic nitrogens is 1. The Morgan fingerprint density at radius 2 is 2.20 bits per heavy atom. The van der Waals surface area contributed by atoms with Crippen LogP contribution in [-0.2, 0) is 0 Å². The van der Waals surface area contributed by atoms with Gasteiger partial charge in [0.15, 0.2) is 0 Å². The smallest absolute Gasteiger partial charge is 0.278 e. The Bertz CT molecular complexity index is 639. The average Bonchev–Trinajstić information content (AvgIpc) is 2.47. The fourth-order valence-corrected chi connectivity index (χ4v) is 1.98. The summed E-state index contributed by atoms with van der Waals surface area (Å²) in [7, 11) is 0. The highest BCUT2D eigenvalue weighted by molar-refractivity contribution is 5.96. The largest absolute Gasteiger partial charge is 0.394 e. The summed E-state index contributed by atoms with van der Waals surface area (Å²) in [6.45, 7) is 3.82. The summed E-state index contributed by atoms with van der Waals surface area (Å²) in [6.07, 6.45) is 2.31. The van der Waals surface area contributed by atoms with Crippen LogP contribution in [0.2, 0.25) is 0 Å². The average molecular weight is 275 g/mol. The van der Waals surface area contributed by atoms with Gasteiger partial charge in [-0.15, -0.1) is 0 Å². The molecule has 20 heavy (non-hydrogen) atoms. The minimum atomic E-state index is -0.486. The van der Waals surface area contributed by atoms with E-state index < -0.39 is 10.5 Å². The lowest BCUT2D eigenvalue weighted by Gasteiger charge is -2.28. The molecule has 1 unspecified atom stereocenters. The minimum absolute atomic E-state index is 0.0286. The van der Waals surface area contributed by atoms with Crippen LogP contribution in [0.5, 0.6) is 0 Å². The van der Waals surface area contributed by atoms with Gasteiger partial charge < -0.3 is 10.4 Å². The van der Waals surface area contributed by atoms with Crippen molar-refractivity contribution in [2.45, 2.75) is 25.8 Å². The van der Waals surface area contributed by atoms with Crippen LogP contribution in [0, 0.1) is 10.1 Å². The molecule has 0 saturated carbocycles. The summed E-state index contributed by atoms with van der Waals surface area (Å²) in [5.41, 5.74) is 0.765. The normalized spacial score (nSPS) is 13.9. The monoisotopic (exact) mass is 275 g/mol. The number of anilines is 1. The number of nitrogens with one attached hydrogen (secondary N) is 1. The van der Waals surface area contributed by atoms with E-state index in [4.69, 9.17) is 0 Å². The number of aliphatic hydroxyl groups excluding tert-OH is 1. The molecule has 2 rings (SSSR count). The van der Waals surface area contributed by atoms with Gasteiger partial charge in [-0.2, -0.15) is 0 Å². The van der Waals surface area contributed by atoms with Crippen LogP contribution < -0.4 is 5.32 Å². The van der Waals surface area contributed by atoms with Crippen molar-refractivity contribution in [1.82, 2.24) is 4.98 Å². The zero-order valence-electron chi connectivity index (χ0n) is 11.5. The van der Waals surface area contributed by atoms with Gasteiger partial charge in [-0.1, -0.05) is 6.92 Å². The van der Waals surface area contributed by atoms with Crippen LogP contribution in [0.25, 0.3) is 10.9 Å². The van der Waals surface area contributed by atoms with Crippen LogP contribution >= 0.6 is 0 Å². The van der Waals surface area contributed by atoms with Crippen molar-refractivity contribution in [2.24, 2.45) is 0 Å². The first kappa shape index (κ1) is 14.2. The maximum atomic E-state index is 11.0. The number of hydrogen-bond acceptors (Lipinski definition) is 5. The standard InChI is InChI=1S/C14H17N3O3/c1-3-14(2,9-18)16-11-6-7-12(17(19)20)10-5-4-8-15-13(10)11/h4-8,16,18H,3,9H2,1-2H3. The fourth-order valence-electron chi connectivity index (χ4n) is 1.98. The number of nitro benzene ring substituents is 1. The van der Waals surface area contributed by atoms with Crippen molar-refractivity contribution in [3.63, 3.8) is 0 Å². The molecule has 0 saturated heterocycles. The topological polar surface area (TPSA) is 88.3 Å². The molecular formula is C14H17N3O3. The van der Waals surface area contributed by atoms with Crippen LogP contribution in [0.4, 0.5) is 11.4 Å². The van der Waals surface area contributed by atoms with Crippen molar-refractivity contribution in [2.75, 3.05) is 11.9 Å². The third kappa shape index (κ3) is 2.55. The maximum Gasteiger partial charge on any atom is 0.278 e. The van der Waals surface area contributed by atoms with E-state index in [-0.39, 0.29) is 12.3 Å². The molecule has 1 aromatic heterocycles. The Morgan fingerprint density at radius 3 is 2.80 bits per heavy atom. The first-order chi connectivity index (χ1) is 9.50. The fraction of sp³-hybridized carbons (Fsp3) is 0.357. The number of hydrogen-bond donors (Lipinski definition) is 2. The van der Waals surface area contributed by atoms with Crippen molar-refractivity contribution < 1.29 is 10.0 Å². The molecule has 0 spiro atoms. The predicted octanol–water partition coefficient (Wildman–Crippen LogP) is 2.72. The lowest BCUT2D eigenvalue weighted by atomic mass is 9.99. The summed E-state index contributed by atoms with van der Waals surface area (Å²) in [6, 6.07) is 6.44. The molecule has 0 aliphatic carbocycles. The summed E-state index contributed by atoms with van der Waals surface area (Å²) in [4.78, 5) is 14.9. The van der Waals surface area contributed by atoms with Gasteiger partial charge in [-0.05, 0) is 31.5 Å². The number of rotatable bonds is 5. The third-order valence-corrected chi connectivity index (χ3v) is 3.51. The molecular weight excluding hydrogens is 258 g/mol. The molecule has 0 amide bonds. The Balaban J connectivity index is 2.56. The number of nitrogens with zero attached hydrogens (tertiary/aromatic N) is 2. The van der Waals surface area contributed by atoms with E-state index in [1.165, 1.54) is 6.07 Å². The van der Waals surface area contributed by atoms with Gasteiger partial charge >= 0.3 is 0 Å². The second kappa shape index (κ2) is 5.42. The molecule has 1 heterocycles. The summed E-state index contributed by atoms with van der Waals surface area (Å²) < 4.78 is 0. The van der Waals surface area contributed by atoms with Gasteiger partial charge in [-0.25, -0.2) is 0 Å². The molecule has 0 fully saturated rings. The molecule has 106 valence electrons. The van der Waals surface area contributed by atoms with E-state index in [2.05, 4.69) is 10.3 Å². The minimum Gasteiger partial charge on any atom is -0.394 e. The van der Waals surface area contributed by atoms with Gasteiger partial charge in [0.25, 0.3) is 5.69 Å². The zero-order chi connectivity index (χ0) is 14.8. The van der Waals surface area contributed by atoms with Crippen molar-refractivity contribution in [3.8, 4) is 0 Å². The molecule has 6 heteroatoms. The molecule has 0 bridgehead atoms. The molecule has 0 radical (unpaired) electrons. The molecule has 2 N–H and O–H groups in total. The first-order valence-electron chi connectivity index (χ1n) is 6.42. The maximum absolute atomic E-state index is 11.0. The second-order valence-electron chi connectivity index (χ2n) is 4.99. The molecule has 2 aromatic rings. The first-order valence-corrected chi connectivity index (χ1v) is 6.42. The number of aliphatic hydroxyl groups is 1. The SMILES string of the molecule is CCC(C)(CO)Nc1ccc([N+](=O)[O-])c2cccnc12. The van der Waals surface area contributed by atoms with E-state index >= 15 is 0 Å². The van der Waals surface area contributed by atoms with Crippen LogP contribution in [0.3, 0.4) is 0 Å². The molecule has 0 aliphatic rings. The molecule has 1 atom stereocenters. The zero-order valence-corrected chi connectivity index (χ0v) is 11.5. The van der Waals surface area contributed by atoms with Gasteiger partial charge in [-0.3, -0.25) is 15.1 Å². The number of fused-ring (bicyclic) bond motifs is 1. The summed E-state index contributed by atoms with van der Waals surface area (Å²) in [5, 5.41) is 24.2. The summed E-state index contributed by atoms with van der Waals surface area (Å²) in [5.74, 6) is 0. The van der Waals surface area contributed by atoms with E-state index in [0.29, 0.717) is 16.6 Å². The highest BCUT2D eigenvalue weighted by atomic mass is 16.6. The Labute approximate surface area is 116 Å². The number of nitro groups is 1. The highest BCUT2D eigenvalue weighted by Crippen LogP contribution is 2.31. The van der Waals surface area contributed by atoms with Crippen LogP contribution in [0.15, 0.2) is 30.5 Å². The van der Waals surface area contributed by atoms with E-state index in [9.17, 15) is 15.2 Å². The van der Waals surface area contributed by atoms with Gasteiger partial charge in [0, 0.05) is 12.3 Å². The second-order valence-corrected chi connectivity index (χ2v) is 4.99. The summed E-state index contributed by atoms with van der Waals surface area (Å²) >= 11 is 0. The number of pyridine rings is 1. The van der Waals surface area contributed by atoms with Crippen molar-refractivity contribution >= 4 is 22.3 Å². The number of non-ortho nitro benzene ring substituents is 1. The lowest BCUT2D eigenvalue weighted by Crippen LogP contribution is -2.38. The predicted molar refractivity (Wildman–Crippen MR) is 77.8 cm³/mol. The van der Waals surface area contributed by atoms with E-state index in [1.807, 2.05) is 13.8 Å². The van der Waals surface area contributed by atoms with Crippen molar-refractivity contribution in [3.05, 3.63) is 40.6 Å². The molecule has 6 nitrogen and oxygen atoms in total. The Hall–Kier alpha value is -2.21. The Kier molecular flexibility index (Phi) is 3.85. The number of benzene rings is 1. The van der Waals surface area contributed by atoms with Crippen LogP contribution in [-0.4, -0.2) is 27.2 Å². The Morgan fingerprint density at radius 1 is 1.45 bits per heavy atom. The van der Waals surface area contributed by atoms with Crippen LogP contribution in [0.1, 0.15) is 20.3 Å². The highest BCUT2D eigenvalue weighted by Gasteiger charge is 2.23. The van der Waals surface area contributed by atoms with E-state index in [1.54, 1.807) is 24.4 Å². The quantitative estimate of drug-likeness (QED) is 0.647. The third-order valence-electron chi connectivity index (χ3n) is 3.51. The van der Waals surface area contributed by atoms with E-state index in [0.717, 1.165) is 6.42 Å². The molecule has 0 aliphatic heterocycles. The lowest BCUT2D eigenvalue weighted by molar-refractivity contribution is -0.383.